The molecule has 1 saturated heterocycles. The second kappa shape index (κ2) is 9.14. The Morgan fingerprint density at radius 3 is 2.38 bits per heavy atom. The molecule has 0 aromatic heterocycles. The van der Waals surface area contributed by atoms with Crippen molar-refractivity contribution in [2.45, 2.75) is 31.7 Å². The lowest BCUT2D eigenvalue weighted by Crippen LogP contribution is -2.57. The Morgan fingerprint density at radius 2 is 1.77 bits per heavy atom. The second-order valence-electron chi connectivity index (χ2n) is 7.19. The quantitative estimate of drug-likeness (QED) is 0.844. The Balaban J connectivity index is 1.65. The minimum atomic E-state index is -0.114. The number of piperazine rings is 1. The SMILES string of the molecule is COCC(=O)N1CCN(C(C(=O)Nc2ccccc2)C2CCCC2)CC1. The molecule has 1 aliphatic heterocycles. The lowest BCUT2D eigenvalue weighted by Gasteiger charge is -2.40. The predicted molar refractivity (Wildman–Crippen MR) is 101 cm³/mol. The van der Waals surface area contributed by atoms with Gasteiger partial charge in [-0.1, -0.05) is 31.0 Å². The average Bonchev–Trinajstić information content (AvgIpc) is 3.18. The largest absolute Gasteiger partial charge is 0.375 e. The van der Waals surface area contributed by atoms with Crippen molar-refractivity contribution < 1.29 is 14.3 Å². The number of benzene rings is 1. The third kappa shape index (κ3) is 4.62. The van der Waals surface area contributed by atoms with Crippen LogP contribution in [0.4, 0.5) is 5.69 Å². The summed E-state index contributed by atoms with van der Waals surface area (Å²) in [6.07, 6.45) is 4.61. The molecule has 0 radical (unpaired) electrons. The highest BCUT2D eigenvalue weighted by Crippen LogP contribution is 2.31. The molecular formula is C20H29N3O3. The molecule has 142 valence electrons. The molecule has 2 fully saturated rings. The summed E-state index contributed by atoms with van der Waals surface area (Å²) in [6, 6.07) is 9.54. The van der Waals surface area contributed by atoms with Gasteiger partial charge in [0.05, 0.1) is 6.04 Å². The fraction of sp³-hybridized carbons (Fsp3) is 0.600. The van der Waals surface area contributed by atoms with Crippen LogP contribution in [0.5, 0.6) is 0 Å². The number of anilines is 1. The second-order valence-corrected chi connectivity index (χ2v) is 7.19. The number of hydrogen-bond donors (Lipinski definition) is 1. The van der Waals surface area contributed by atoms with Crippen LogP contribution in [0, 0.1) is 5.92 Å². The van der Waals surface area contributed by atoms with Gasteiger partial charge in [0.2, 0.25) is 11.8 Å². The summed E-state index contributed by atoms with van der Waals surface area (Å²) in [5.74, 6) is 0.512. The number of ether oxygens (including phenoxy) is 1. The summed E-state index contributed by atoms with van der Waals surface area (Å²) in [5.41, 5.74) is 0.842. The van der Waals surface area contributed by atoms with Crippen molar-refractivity contribution in [3.63, 3.8) is 0 Å². The summed E-state index contributed by atoms with van der Waals surface area (Å²) < 4.78 is 4.95. The Hall–Kier alpha value is -1.92. The zero-order valence-electron chi connectivity index (χ0n) is 15.5. The third-order valence-electron chi connectivity index (χ3n) is 5.48. The molecule has 1 heterocycles. The van der Waals surface area contributed by atoms with E-state index in [0.29, 0.717) is 19.0 Å². The number of para-hydroxylation sites is 1. The summed E-state index contributed by atoms with van der Waals surface area (Å²) in [7, 11) is 1.54. The van der Waals surface area contributed by atoms with E-state index in [4.69, 9.17) is 4.74 Å². The van der Waals surface area contributed by atoms with Gasteiger partial charge in [-0.2, -0.15) is 0 Å². The first-order valence-corrected chi connectivity index (χ1v) is 9.55. The minimum absolute atomic E-state index is 0.0262. The van der Waals surface area contributed by atoms with Crippen LogP contribution < -0.4 is 5.32 Å². The summed E-state index contributed by atoms with van der Waals surface area (Å²) in [4.78, 5) is 29.2. The molecule has 1 N–H and O–H groups in total. The van der Waals surface area contributed by atoms with E-state index in [1.807, 2.05) is 35.2 Å². The first-order chi connectivity index (χ1) is 12.7. The molecule has 2 amide bonds. The van der Waals surface area contributed by atoms with Gasteiger partial charge in [0.15, 0.2) is 0 Å². The molecule has 1 atom stereocenters. The van der Waals surface area contributed by atoms with Gasteiger partial charge >= 0.3 is 0 Å². The van der Waals surface area contributed by atoms with E-state index in [1.54, 1.807) is 0 Å². The summed E-state index contributed by atoms with van der Waals surface area (Å²) in [5, 5.41) is 3.09. The molecule has 6 heteroatoms. The number of hydrogen-bond acceptors (Lipinski definition) is 4. The lowest BCUT2D eigenvalue weighted by molar-refractivity contribution is -0.138. The standard InChI is InChI=1S/C20H29N3O3/c1-26-15-18(24)22-11-13-23(14-12-22)19(16-7-5-6-8-16)20(25)21-17-9-3-2-4-10-17/h2-4,9-10,16,19H,5-8,11-15H2,1H3,(H,21,25). The van der Waals surface area contributed by atoms with Crippen molar-refractivity contribution in [1.29, 1.82) is 0 Å². The maximum absolute atomic E-state index is 13.1. The Bertz CT molecular complexity index is 594. The van der Waals surface area contributed by atoms with E-state index in [1.165, 1.54) is 20.0 Å². The fourth-order valence-corrected chi connectivity index (χ4v) is 4.15. The molecule has 0 spiro atoms. The Morgan fingerprint density at radius 1 is 1.12 bits per heavy atom. The normalized spacial score (nSPS) is 20.1. The Labute approximate surface area is 155 Å². The van der Waals surface area contributed by atoms with E-state index >= 15 is 0 Å². The average molecular weight is 359 g/mol. The van der Waals surface area contributed by atoms with Crippen LogP contribution in [0.1, 0.15) is 25.7 Å². The van der Waals surface area contributed by atoms with Crippen molar-refractivity contribution in [2.24, 2.45) is 5.92 Å². The smallest absolute Gasteiger partial charge is 0.248 e. The molecule has 1 unspecified atom stereocenters. The minimum Gasteiger partial charge on any atom is -0.375 e. The molecule has 1 aliphatic carbocycles. The number of amides is 2. The number of carbonyl (C=O) groups excluding carboxylic acids is 2. The van der Waals surface area contributed by atoms with E-state index in [9.17, 15) is 9.59 Å². The van der Waals surface area contributed by atoms with Crippen molar-refractivity contribution >= 4 is 17.5 Å². The number of nitrogens with zero attached hydrogens (tertiary/aromatic N) is 2. The van der Waals surface area contributed by atoms with Crippen molar-refractivity contribution in [3.05, 3.63) is 30.3 Å². The number of rotatable bonds is 6. The number of methoxy groups -OCH3 is 1. The van der Waals surface area contributed by atoms with Gasteiger partial charge in [0.1, 0.15) is 6.61 Å². The molecule has 6 nitrogen and oxygen atoms in total. The molecule has 1 saturated carbocycles. The van der Waals surface area contributed by atoms with E-state index in [0.717, 1.165) is 31.6 Å². The van der Waals surface area contributed by atoms with Gasteiger partial charge in [-0.15, -0.1) is 0 Å². The maximum Gasteiger partial charge on any atom is 0.248 e. The van der Waals surface area contributed by atoms with Crippen LogP contribution in [-0.2, 0) is 14.3 Å². The summed E-state index contributed by atoms with van der Waals surface area (Å²) >= 11 is 0. The molecule has 3 rings (SSSR count). The van der Waals surface area contributed by atoms with Crippen molar-refractivity contribution in [2.75, 3.05) is 45.2 Å². The van der Waals surface area contributed by atoms with Gasteiger partial charge in [0.25, 0.3) is 0 Å². The zero-order chi connectivity index (χ0) is 18.4. The van der Waals surface area contributed by atoms with Gasteiger partial charge in [0, 0.05) is 39.0 Å². The lowest BCUT2D eigenvalue weighted by atomic mass is 9.95. The monoisotopic (exact) mass is 359 g/mol. The molecule has 2 aliphatic rings. The van der Waals surface area contributed by atoms with Crippen molar-refractivity contribution in [1.82, 2.24) is 9.80 Å². The summed E-state index contributed by atoms with van der Waals surface area (Å²) in [6.45, 7) is 2.91. The van der Waals surface area contributed by atoms with Gasteiger partial charge in [-0.05, 0) is 30.9 Å². The van der Waals surface area contributed by atoms with Crippen LogP contribution in [-0.4, -0.2) is 67.6 Å². The van der Waals surface area contributed by atoms with Crippen LogP contribution >= 0.6 is 0 Å². The third-order valence-corrected chi connectivity index (χ3v) is 5.48. The van der Waals surface area contributed by atoms with Crippen molar-refractivity contribution in [3.8, 4) is 0 Å². The van der Waals surface area contributed by atoms with Crippen LogP contribution in [0.15, 0.2) is 30.3 Å². The molecule has 1 aromatic carbocycles. The predicted octanol–water partition coefficient (Wildman–Crippen LogP) is 1.97. The molecule has 26 heavy (non-hydrogen) atoms. The maximum atomic E-state index is 13.1. The number of carbonyl (C=O) groups is 2. The zero-order valence-corrected chi connectivity index (χ0v) is 15.5. The van der Waals surface area contributed by atoms with Gasteiger partial charge in [-0.3, -0.25) is 14.5 Å². The highest BCUT2D eigenvalue weighted by molar-refractivity contribution is 5.95. The molecular weight excluding hydrogens is 330 g/mol. The Kier molecular flexibility index (Phi) is 6.63. The van der Waals surface area contributed by atoms with E-state index < -0.39 is 0 Å². The highest BCUT2D eigenvalue weighted by atomic mass is 16.5. The van der Waals surface area contributed by atoms with E-state index in [2.05, 4.69) is 10.2 Å². The topological polar surface area (TPSA) is 61.9 Å². The molecule has 0 bridgehead atoms. The van der Waals surface area contributed by atoms with Crippen LogP contribution in [0.3, 0.4) is 0 Å². The van der Waals surface area contributed by atoms with Gasteiger partial charge in [-0.25, -0.2) is 0 Å². The first-order valence-electron chi connectivity index (χ1n) is 9.55. The van der Waals surface area contributed by atoms with E-state index in [-0.39, 0.29) is 24.5 Å². The van der Waals surface area contributed by atoms with Gasteiger partial charge < -0.3 is 15.0 Å². The van der Waals surface area contributed by atoms with Crippen LogP contribution in [0.2, 0.25) is 0 Å². The molecule has 1 aromatic rings. The fourth-order valence-electron chi connectivity index (χ4n) is 4.15. The number of nitrogens with one attached hydrogen (secondary N) is 1. The highest BCUT2D eigenvalue weighted by Gasteiger charge is 2.37. The first kappa shape index (κ1) is 18.9. The van der Waals surface area contributed by atoms with Crippen LogP contribution in [0.25, 0.3) is 0 Å².